The number of hydrogen-bond donors (Lipinski definition) is 1. The molecule has 0 saturated carbocycles. The molecule has 2 atom stereocenters. The lowest BCUT2D eigenvalue weighted by molar-refractivity contribution is -0.125. The smallest absolute Gasteiger partial charge is 0.255 e. The quantitative estimate of drug-likeness (QED) is 0.800. The molecule has 4 nitrogen and oxygen atoms in total. The second-order valence-corrected chi connectivity index (χ2v) is 9.73. The number of nitrogens with zero attached hydrogens (tertiary/aromatic N) is 1. The molecule has 5 heteroatoms. The lowest BCUT2D eigenvalue weighted by Gasteiger charge is -2.36. The van der Waals surface area contributed by atoms with E-state index in [0.29, 0.717) is 17.9 Å². The van der Waals surface area contributed by atoms with Gasteiger partial charge in [0.25, 0.3) is 5.91 Å². The number of hydrogen-bond acceptors (Lipinski definition) is 3. The Labute approximate surface area is 178 Å². The van der Waals surface area contributed by atoms with Crippen LogP contribution < -0.4 is 5.32 Å². The maximum Gasteiger partial charge on any atom is 0.255 e. The zero-order chi connectivity index (χ0) is 21.0. The Balaban J connectivity index is 1.76. The highest BCUT2D eigenvalue weighted by atomic mass is 32.2. The molecule has 0 aromatic heterocycles. The molecule has 1 heterocycles. The zero-order valence-corrected chi connectivity index (χ0v) is 18.5. The molecule has 1 aliphatic heterocycles. The van der Waals surface area contributed by atoms with Crippen molar-refractivity contribution in [3.05, 3.63) is 71.3 Å². The van der Waals surface area contributed by atoms with Gasteiger partial charge in [-0.05, 0) is 36.0 Å². The molecular formula is C24H30N2O2S. The molecule has 0 bridgehead atoms. The maximum absolute atomic E-state index is 13.5. The van der Waals surface area contributed by atoms with Crippen molar-refractivity contribution in [2.24, 2.45) is 5.41 Å². The molecule has 2 aromatic rings. The Morgan fingerprint density at radius 1 is 1.07 bits per heavy atom. The van der Waals surface area contributed by atoms with Gasteiger partial charge in [0.05, 0.1) is 5.37 Å². The van der Waals surface area contributed by atoms with E-state index in [1.54, 1.807) is 11.8 Å². The summed E-state index contributed by atoms with van der Waals surface area (Å²) in [7, 11) is 0. The van der Waals surface area contributed by atoms with Crippen molar-refractivity contribution in [1.82, 2.24) is 10.2 Å². The fourth-order valence-electron chi connectivity index (χ4n) is 3.67. The largest absolute Gasteiger partial charge is 0.354 e. The lowest BCUT2D eigenvalue weighted by atomic mass is 9.94. The molecule has 1 saturated heterocycles. The second kappa shape index (κ2) is 9.04. The molecule has 2 amide bonds. The fraction of sp³-hybridized carbons (Fsp3) is 0.417. The molecule has 1 fully saturated rings. The third kappa shape index (κ3) is 5.02. The molecule has 0 radical (unpaired) electrons. The summed E-state index contributed by atoms with van der Waals surface area (Å²) >= 11 is 1.70. The summed E-state index contributed by atoms with van der Waals surface area (Å²) in [6.45, 7) is 8.88. The highest BCUT2D eigenvalue weighted by Gasteiger charge is 2.46. The summed E-state index contributed by atoms with van der Waals surface area (Å²) in [5, 5.41) is 3.01. The number of benzene rings is 2. The molecule has 1 N–H and O–H groups in total. The first-order valence-corrected chi connectivity index (χ1v) is 11.2. The summed E-state index contributed by atoms with van der Waals surface area (Å²) in [6, 6.07) is 17.3. The van der Waals surface area contributed by atoms with Gasteiger partial charge in [0, 0.05) is 17.9 Å². The molecule has 0 spiro atoms. The number of aryl methyl sites for hydroxylation is 1. The first-order chi connectivity index (χ1) is 13.8. The van der Waals surface area contributed by atoms with Gasteiger partial charge in [-0.25, -0.2) is 0 Å². The molecule has 0 aliphatic carbocycles. The molecule has 154 valence electrons. The van der Waals surface area contributed by atoms with Crippen LogP contribution >= 0.6 is 11.8 Å². The average Bonchev–Trinajstić information content (AvgIpc) is 3.14. The van der Waals surface area contributed by atoms with Gasteiger partial charge in [-0.3, -0.25) is 9.59 Å². The highest BCUT2D eigenvalue weighted by Crippen LogP contribution is 2.41. The van der Waals surface area contributed by atoms with Crippen LogP contribution in [0.5, 0.6) is 0 Å². The van der Waals surface area contributed by atoms with Gasteiger partial charge in [-0.2, -0.15) is 0 Å². The molecule has 2 unspecified atom stereocenters. The monoisotopic (exact) mass is 410 g/mol. The van der Waals surface area contributed by atoms with Crippen LogP contribution in [0.1, 0.15) is 42.3 Å². The van der Waals surface area contributed by atoms with Gasteiger partial charge < -0.3 is 10.2 Å². The Morgan fingerprint density at radius 2 is 1.72 bits per heavy atom. The summed E-state index contributed by atoms with van der Waals surface area (Å²) < 4.78 is 0. The van der Waals surface area contributed by atoms with Crippen molar-refractivity contribution < 1.29 is 9.59 Å². The van der Waals surface area contributed by atoms with Crippen LogP contribution in [0.3, 0.4) is 0 Å². The summed E-state index contributed by atoms with van der Waals surface area (Å²) in [5.74, 6) is 0.495. The topological polar surface area (TPSA) is 49.4 Å². The minimum Gasteiger partial charge on any atom is -0.354 e. The van der Waals surface area contributed by atoms with E-state index in [-0.39, 0.29) is 22.6 Å². The van der Waals surface area contributed by atoms with Crippen molar-refractivity contribution in [2.45, 2.75) is 45.5 Å². The van der Waals surface area contributed by atoms with Crippen molar-refractivity contribution in [3.63, 3.8) is 0 Å². The van der Waals surface area contributed by atoms with Crippen LogP contribution in [-0.2, 0) is 11.2 Å². The van der Waals surface area contributed by atoms with Gasteiger partial charge in [0.2, 0.25) is 5.91 Å². The van der Waals surface area contributed by atoms with E-state index in [9.17, 15) is 9.59 Å². The zero-order valence-electron chi connectivity index (χ0n) is 17.6. The first-order valence-electron chi connectivity index (χ1n) is 10.1. The SMILES string of the molecule is Cc1ccccc1C(=O)N1C(C(=O)NCCc2ccccc2)CSC1C(C)(C)C. The van der Waals surface area contributed by atoms with Crippen LogP contribution in [0.4, 0.5) is 0 Å². The standard InChI is InChI=1S/C24H30N2O2S/c1-17-10-8-9-13-19(17)22(28)26-20(16-29-23(26)24(2,3)4)21(27)25-15-14-18-11-6-5-7-12-18/h5-13,20,23H,14-16H2,1-4H3,(H,25,27). The normalized spacial score (nSPS) is 19.2. The van der Waals surface area contributed by atoms with Crippen molar-refractivity contribution in [1.29, 1.82) is 0 Å². The molecule has 29 heavy (non-hydrogen) atoms. The number of carbonyl (C=O) groups excluding carboxylic acids is 2. The molecule has 1 aliphatic rings. The number of rotatable bonds is 5. The first kappa shape index (κ1) is 21.4. The Kier molecular flexibility index (Phi) is 6.68. The minimum absolute atomic E-state index is 0.0421. The summed E-state index contributed by atoms with van der Waals surface area (Å²) in [5.41, 5.74) is 2.67. The average molecular weight is 411 g/mol. The number of thioether (sulfide) groups is 1. The van der Waals surface area contributed by atoms with Crippen LogP contribution in [-0.4, -0.2) is 40.4 Å². The van der Waals surface area contributed by atoms with Crippen LogP contribution in [0.25, 0.3) is 0 Å². The van der Waals surface area contributed by atoms with E-state index < -0.39 is 6.04 Å². The van der Waals surface area contributed by atoms with E-state index in [1.807, 2.05) is 54.3 Å². The third-order valence-electron chi connectivity index (χ3n) is 5.21. The molecule has 2 aromatic carbocycles. The Bertz CT molecular complexity index is 861. The van der Waals surface area contributed by atoms with Crippen molar-refractivity contribution in [2.75, 3.05) is 12.3 Å². The number of amides is 2. The van der Waals surface area contributed by atoms with E-state index in [2.05, 4.69) is 38.2 Å². The number of carbonyl (C=O) groups is 2. The van der Waals surface area contributed by atoms with Gasteiger partial charge in [0.15, 0.2) is 0 Å². The van der Waals surface area contributed by atoms with Crippen molar-refractivity contribution in [3.8, 4) is 0 Å². The minimum atomic E-state index is -0.452. The highest BCUT2D eigenvalue weighted by molar-refractivity contribution is 8.00. The summed E-state index contributed by atoms with van der Waals surface area (Å²) in [6.07, 6.45) is 0.779. The predicted molar refractivity (Wildman–Crippen MR) is 120 cm³/mol. The van der Waals surface area contributed by atoms with Crippen LogP contribution in [0, 0.1) is 12.3 Å². The van der Waals surface area contributed by atoms with E-state index in [1.165, 1.54) is 5.56 Å². The third-order valence-corrected chi connectivity index (χ3v) is 6.97. The van der Waals surface area contributed by atoms with E-state index in [4.69, 9.17) is 0 Å². The van der Waals surface area contributed by atoms with E-state index >= 15 is 0 Å². The Morgan fingerprint density at radius 3 is 2.38 bits per heavy atom. The molecule has 3 rings (SSSR count). The predicted octanol–water partition coefficient (Wildman–Crippen LogP) is 4.28. The fourth-order valence-corrected chi connectivity index (χ4v) is 5.25. The van der Waals surface area contributed by atoms with Gasteiger partial charge in [-0.15, -0.1) is 11.8 Å². The van der Waals surface area contributed by atoms with E-state index in [0.717, 1.165) is 12.0 Å². The second-order valence-electron chi connectivity index (χ2n) is 8.62. The molecular weight excluding hydrogens is 380 g/mol. The summed E-state index contributed by atoms with van der Waals surface area (Å²) in [4.78, 5) is 28.3. The number of nitrogens with one attached hydrogen (secondary N) is 1. The Hall–Kier alpha value is -2.27. The van der Waals surface area contributed by atoms with Gasteiger partial charge in [0.1, 0.15) is 6.04 Å². The van der Waals surface area contributed by atoms with Gasteiger partial charge >= 0.3 is 0 Å². The van der Waals surface area contributed by atoms with Gasteiger partial charge in [-0.1, -0.05) is 69.3 Å². The lowest BCUT2D eigenvalue weighted by Crippen LogP contribution is -2.52. The van der Waals surface area contributed by atoms with Crippen LogP contribution in [0.15, 0.2) is 54.6 Å². The van der Waals surface area contributed by atoms with Crippen LogP contribution in [0.2, 0.25) is 0 Å². The maximum atomic E-state index is 13.5. The van der Waals surface area contributed by atoms with Crippen molar-refractivity contribution >= 4 is 23.6 Å².